The number of aromatic hydroxyl groups is 1. The van der Waals surface area contributed by atoms with Crippen molar-refractivity contribution < 1.29 is 26.3 Å². The summed E-state index contributed by atoms with van der Waals surface area (Å²) in [5.41, 5.74) is -0.219. The summed E-state index contributed by atoms with van der Waals surface area (Å²) in [4.78, 5) is 12.5. The zero-order valence-electron chi connectivity index (χ0n) is 11.3. The molecular formula is C15H8O7S. The summed E-state index contributed by atoms with van der Waals surface area (Å²) in [6.07, 6.45) is 0. The lowest BCUT2D eigenvalue weighted by Crippen LogP contribution is -2.09. The van der Waals surface area contributed by atoms with Crippen LogP contribution in [0.1, 0.15) is 0 Å². The van der Waals surface area contributed by atoms with Gasteiger partial charge in [-0.2, -0.15) is 0 Å². The van der Waals surface area contributed by atoms with Gasteiger partial charge in [0.25, 0.3) is 0 Å². The predicted octanol–water partition coefficient (Wildman–Crippen LogP) is 2.18. The maximum atomic E-state index is 12.5. The number of fused-ring (bicyclic) bond motifs is 3. The molecule has 1 aliphatic heterocycles. The Hall–Kier alpha value is -3.00. The second-order valence-electron chi connectivity index (χ2n) is 4.82. The smallest absolute Gasteiger partial charge is 0.501 e. The van der Waals surface area contributed by atoms with E-state index in [1.54, 1.807) is 30.3 Å². The van der Waals surface area contributed by atoms with Crippen molar-refractivity contribution in [3.8, 4) is 28.6 Å². The van der Waals surface area contributed by atoms with E-state index in [9.17, 15) is 18.3 Å². The third-order valence-electron chi connectivity index (χ3n) is 3.37. The van der Waals surface area contributed by atoms with Crippen LogP contribution in [0.4, 0.5) is 0 Å². The SMILES string of the molecule is O=c1c(O)c(-c2ccccc2)oc2ccc3c(c12)OS(=O)(=O)O3. The Morgan fingerprint density at radius 1 is 0.957 bits per heavy atom. The van der Waals surface area contributed by atoms with Gasteiger partial charge in [-0.15, -0.1) is 8.42 Å². The van der Waals surface area contributed by atoms with E-state index < -0.39 is 21.6 Å². The van der Waals surface area contributed by atoms with Crippen molar-refractivity contribution in [1.82, 2.24) is 0 Å². The van der Waals surface area contributed by atoms with Crippen molar-refractivity contribution in [2.45, 2.75) is 0 Å². The summed E-state index contributed by atoms with van der Waals surface area (Å²) < 4.78 is 37.6. The van der Waals surface area contributed by atoms with Crippen molar-refractivity contribution in [2.75, 3.05) is 0 Å². The van der Waals surface area contributed by atoms with Crippen LogP contribution in [0.15, 0.2) is 51.7 Å². The van der Waals surface area contributed by atoms with Crippen LogP contribution in [0.5, 0.6) is 17.2 Å². The number of hydrogen-bond acceptors (Lipinski definition) is 7. The molecule has 2 heterocycles. The summed E-state index contributed by atoms with van der Waals surface area (Å²) in [5.74, 6) is -1.06. The first kappa shape index (κ1) is 13.6. The molecule has 0 atom stereocenters. The van der Waals surface area contributed by atoms with Crippen molar-refractivity contribution >= 4 is 21.4 Å². The van der Waals surface area contributed by atoms with Crippen LogP contribution < -0.4 is 13.8 Å². The lowest BCUT2D eigenvalue weighted by molar-refractivity contribution is 0.436. The molecule has 1 aliphatic rings. The minimum absolute atomic E-state index is 0.00942. The normalized spacial score (nSPS) is 15.0. The Morgan fingerprint density at radius 3 is 2.43 bits per heavy atom. The molecular weight excluding hydrogens is 324 g/mol. The van der Waals surface area contributed by atoms with E-state index in [2.05, 4.69) is 8.37 Å². The van der Waals surface area contributed by atoms with Crippen molar-refractivity contribution in [1.29, 1.82) is 0 Å². The van der Waals surface area contributed by atoms with Gasteiger partial charge in [-0.05, 0) is 12.1 Å². The Bertz CT molecular complexity index is 1100. The maximum Gasteiger partial charge on any atom is 0.501 e. The summed E-state index contributed by atoms with van der Waals surface area (Å²) in [7, 11) is -4.25. The van der Waals surface area contributed by atoms with Crippen molar-refractivity contribution in [2.24, 2.45) is 0 Å². The van der Waals surface area contributed by atoms with Crippen LogP contribution in [0.2, 0.25) is 0 Å². The van der Waals surface area contributed by atoms with Gasteiger partial charge in [-0.1, -0.05) is 30.3 Å². The lowest BCUT2D eigenvalue weighted by Gasteiger charge is -2.06. The first-order valence-corrected chi connectivity index (χ1v) is 7.82. The molecule has 0 bridgehead atoms. The average molecular weight is 332 g/mol. The molecule has 0 radical (unpaired) electrons. The number of hydrogen-bond donors (Lipinski definition) is 1. The van der Waals surface area contributed by atoms with Crippen LogP contribution in [0.25, 0.3) is 22.3 Å². The van der Waals surface area contributed by atoms with E-state index in [4.69, 9.17) is 4.42 Å². The predicted molar refractivity (Wildman–Crippen MR) is 79.8 cm³/mol. The highest BCUT2D eigenvalue weighted by Crippen LogP contribution is 2.42. The second-order valence-corrected chi connectivity index (χ2v) is 5.97. The average Bonchev–Trinajstić information content (AvgIpc) is 2.85. The van der Waals surface area contributed by atoms with Gasteiger partial charge in [0, 0.05) is 5.56 Å². The van der Waals surface area contributed by atoms with Crippen LogP contribution >= 0.6 is 0 Å². The molecule has 0 saturated heterocycles. The van der Waals surface area contributed by atoms with Gasteiger partial charge < -0.3 is 17.9 Å². The highest BCUT2D eigenvalue weighted by Gasteiger charge is 2.33. The zero-order valence-corrected chi connectivity index (χ0v) is 12.2. The standard InChI is InChI=1S/C15H8O7S/c16-12-11-9(6-7-10-15(11)22-23(18,19)21-10)20-14(13(12)17)8-4-2-1-3-5-8/h1-7,17H. The maximum absolute atomic E-state index is 12.5. The van der Waals surface area contributed by atoms with Crippen LogP contribution in [-0.4, -0.2) is 13.5 Å². The monoisotopic (exact) mass is 332 g/mol. The Kier molecular flexibility index (Phi) is 2.67. The third kappa shape index (κ3) is 2.03. The van der Waals surface area contributed by atoms with Gasteiger partial charge >= 0.3 is 10.4 Å². The molecule has 2 aromatic carbocycles. The highest BCUT2D eigenvalue weighted by molar-refractivity contribution is 7.82. The van der Waals surface area contributed by atoms with E-state index in [1.165, 1.54) is 12.1 Å². The zero-order chi connectivity index (χ0) is 16.2. The highest BCUT2D eigenvalue weighted by atomic mass is 32.3. The van der Waals surface area contributed by atoms with Gasteiger partial charge in [-0.25, -0.2) is 0 Å². The Morgan fingerprint density at radius 2 is 1.70 bits per heavy atom. The molecule has 23 heavy (non-hydrogen) atoms. The molecule has 1 aromatic heterocycles. The second kappa shape index (κ2) is 4.50. The van der Waals surface area contributed by atoms with E-state index in [0.717, 1.165) is 0 Å². The Balaban J connectivity index is 2.06. The molecule has 1 N–H and O–H groups in total. The first-order valence-electron chi connectivity index (χ1n) is 6.48. The van der Waals surface area contributed by atoms with Gasteiger partial charge in [0.2, 0.25) is 16.9 Å². The molecule has 0 amide bonds. The van der Waals surface area contributed by atoms with E-state index in [1.807, 2.05) is 0 Å². The quantitative estimate of drug-likeness (QED) is 0.728. The Labute approximate surface area is 129 Å². The van der Waals surface area contributed by atoms with Crippen LogP contribution in [0, 0.1) is 0 Å². The fourth-order valence-corrected chi connectivity index (χ4v) is 3.14. The summed E-state index contributed by atoms with van der Waals surface area (Å²) in [6, 6.07) is 11.3. The molecule has 7 nitrogen and oxygen atoms in total. The fraction of sp³-hybridized carbons (Fsp3) is 0. The number of rotatable bonds is 1. The van der Waals surface area contributed by atoms with Crippen molar-refractivity contribution in [3.05, 3.63) is 52.7 Å². The van der Waals surface area contributed by atoms with Gasteiger partial charge in [0.1, 0.15) is 11.0 Å². The minimum atomic E-state index is -4.25. The lowest BCUT2D eigenvalue weighted by atomic mass is 10.1. The molecule has 8 heteroatoms. The molecule has 0 fully saturated rings. The van der Waals surface area contributed by atoms with Crippen molar-refractivity contribution in [3.63, 3.8) is 0 Å². The molecule has 4 rings (SSSR count). The fourth-order valence-electron chi connectivity index (χ4n) is 2.39. The molecule has 116 valence electrons. The van der Waals surface area contributed by atoms with Gasteiger partial charge in [0.15, 0.2) is 11.5 Å². The van der Waals surface area contributed by atoms with Crippen LogP contribution in [-0.2, 0) is 10.4 Å². The minimum Gasteiger partial charge on any atom is -0.502 e. The first-order chi connectivity index (χ1) is 11.0. The third-order valence-corrected chi connectivity index (χ3v) is 4.12. The topological polar surface area (TPSA) is 103 Å². The van der Waals surface area contributed by atoms with Gasteiger partial charge in [-0.3, -0.25) is 4.79 Å². The van der Waals surface area contributed by atoms with E-state index in [-0.39, 0.29) is 28.2 Å². The summed E-state index contributed by atoms with van der Waals surface area (Å²) in [6.45, 7) is 0. The van der Waals surface area contributed by atoms with Gasteiger partial charge in [0.05, 0.1) is 0 Å². The molecule has 0 saturated carbocycles. The largest absolute Gasteiger partial charge is 0.502 e. The molecule has 3 aromatic rings. The summed E-state index contributed by atoms with van der Waals surface area (Å²) >= 11 is 0. The van der Waals surface area contributed by atoms with E-state index in [0.29, 0.717) is 5.56 Å². The molecule has 0 spiro atoms. The number of benzene rings is 2. The molecule has 0 unspecified atom stereocenters. The van der Waals surface area contributed by atoms with Crippen LogP contribution in [0.3, 0.4) is 0 Å². The molecule has 0 aliphatic carbocycles. The summed E-state index contributed by atoms with van der Waals surface area (Å²) in [5, 5.41) is 9.96. The van der Waals surface area contributed by atoms with E-state index >= 15 is 0 Å².